The summed E-state index contributed by atoms with van der Waals surface area (Å²) < 4.78 is 18.7. The molecule has 0 aromatic heterocycles. The number of halogens is 1. The van der Waals surface area contributed by atoms with E-state index in [1.807, 2.05) is 13.0 Å². The monoisotopic (exact) mass is 439 g/mol. The Morgan fingerprint density at radius 1 is 1.12 bits per heavy atom. The lowest BCUT2D eigenvalue weighted by Gasteiger charge is -2.32. The molecule has 2 aromatic carbocycles. The fourth-order valence-electron chi connectivity index (χ4n) is 4.14. The summed E-state index contributed by atoms with van der Waals surface area (Å²) in [4.78, 5) is 44.2. The highest BCUT2D eigenvalue weighted by Gasteiger charge is 2.44. The van der Waals surface area contributed by atoms with Crippen LogP contribution in [0.3, 0.4) is 0 Å². The van der Waals surface area contributed by atoms with Gasteiger partial charge in [0.15, 0.2) is 0 Å². The zero-order valence-corrected chi connectivity index (χ0v) is 18.0. The molecule has 168 valence electrons. The quantitative estimate of drug-likeness (QED) is 0.646. The van der Waals surface area contributed by atoms with Crippen molar-refractivity contribution in [3.05, 3.63) is 65.5 Å². The van der Waals surface area contributed by atoms with Crippen LogP contribution in [0.2, 0.25) is 0 Å². The Labute approximate surface area is 186 Å². The van der Waals surface area contributed by atoms with Gasteiger partial charge in [0, 0.05) is 31.7 Å². The SMILES string of the molecule is Cc1cccc(C(=O)N(CCN2CCOCC2)C2CC(=O)N(c3ccc(F)cc3)C2=O)c1. The molecule has 7 nitrogen and oxygen atoms in total. The highest BCUT2D eigenvalue weighted by Crippen LogP contribution is 2.27. The van der Waals surface area contributed by atoms with Gasteiger partial charge in [0.05, 0.1) is 25.3 Å². The number of nitrogens with zero attached hydrogens (tertiary/aromatic N) is 3. The van der Waals surface area contributed by atoms with Crippen LogP contribution in [0.4, 0.5) is 10.1 Å². The molecule has 0 spiro atoms. The number of aryl methyl sites for hydroxylation is 1. The van der Waals surface area contributed by atoms with Gasteiger partial charge in [-0.2, -0.15) is 0 Å². The van der Waals surface area contributed by atoms with Gasteiger partial charge in [0.2, 0.25) is 5.91 Å². The number of imide groups is 1. The Morgan fingerprint density at radius 3 is 2.53 bits per heavy atom. The molecule has 0 aliphatic carbocycles. The van der Waals surface area contributed by atoms with E-state index < -0.39 is 23.7 Å². The second kappa shape index (κ2) is 9.58. The minimum absolute atomic E-state index is 0.100. The van der Waals surface area contributed by atoms with Gasteiger partial charge in [-0.3, -0.25) is 19.3 Å². The van der Waals surface area contributed by atoms with Gasteiger partial charge >= 0.3 is 0 Å². The van der Waals surface area contributed by atoms with E-state index in [0.717, 1.165) is 23.6 Å². The van der Waals surface area contributed by atoms with Gasteiger partial charge in [-0.1, -0.05) is 17.7 Å². The summed E-state index contributed by atoms with van der Waals surface area (Å²) in [6.45, 7) is 5.56. The Balaban J connectivity index is 1.59. The number of morpholine rings is 1. The number of carbonyl (C=O) groups is 3. The zero-order valence-electron chi connectivity index (χ0n) is 18.0. The minimum atomic E-state index is -0.901. The Kier molecular flexibility index (Phi) is 6.62. The molecule has 1 atom stereocenters. The number of hydrogen-bond donors (Lipinski definition) is 0. The van der Waals surface area contributed by atoms with Crippen molar-refractivity contribution in [3.8, 4) is 0 Å². The van der Waals surface area contributed by atoms with Crippen molar-refractivity contribution in [3.63, 3.8) is 0 Å². The van der Waals surface area contributed by atoms with Crippen molar-refractivity contribution in [2.45, 2.75) is 19.4 Å². The fourth-order valence-corrected chi connectivity index (χ4v) is 4.14. The minimum Gasteiger partial charge on any atom is -0.379 e. The number of hydrogen-bond acceptors (Lipinski definition) is 5. The lowest BCUT2D eigenvalue weighted by molar-refractivity contribution is -0.122. The Morgan fingerprint density at radius 2 is 1.84 bits per heavy atom. The largest absolute Gasteiger partial charge is 0.379 e. The smallest absolute Gasteiger partial charge is 0.257 e. The van der Waals surface area contributed by atoms with Gasteiger partial charge in [-0.05, 0) is 43.3 Å². The Hall–Kier alpha value is -3.10. The van der Waals surface area contributed by atoms with Crippen LogP contribution in [-0.4, -0.2) is 73.0 Å². The third-order valence-electron chi connectivity index (χ3n) is 5.87. The molecule has 2 aliphatic heterocycles. The van der Waals surface area contributed by atoms with Gasteiger partial charge in [-0.25, -0.2) is 9.29 Å². The molecule has 2 fully saturated rings. The highest BCUT2D eigenvalue weighted by molar-refractivity contribution is 6.23. The Bertz CT molecular complexity index is 1000. The first kappa shape index (κ1) is 22.1. The predicted molar refractivity (Wildman–Crippen MR) is 117 cm³/mol. The summed E-state index contributed by atoms with van der Waals surface area (Å²) in [6, 6.07) is 11.5. The van der Waals surface area contributed by atoms with E-state index >= 15 is 0 Å². The van der Waals surface area contributed by atoms with Crippen LogP contribution in [-0.2, 0) is 14.3 Å². The summed E-state index contributed by atoms with van der Waals surface area (Å²) in [7, 11) is 0. The number of ether oxygens (including phenoxy) is 1. The number of amides is 3. The number of benzene rings is 2. The number of carbonyl (C=O) groups excluding carboxylic acids is 3. The maximum atomic E-state index is 13.4. The lowest BCUT2D eigenvalue weighted by atomic mass is 10.1. The first-order chi connectivity index (χ1) is 15.4. The zero-order chi connectivity index (χ0) is 22.7. The summed E-state index contributed by atoms with van der Waals surface area (Å²) in [5.41, 5.74) is 1.72. The molecule has 2 aliphatic rings. The molecule has 2 saturated heterocycles. The van der Waals surface area contributed by atoms with E-state index in [4.69, 9.17) is 4.74 Å². The molecule has 8 heteroatoms. The van der Waals surface area contributed by atoms with Crippen LogP contribution >= 0.6 is 0 Å². The van der Waals surface area contributed by atoms with Crippen molar-refractivity contribution in [2.24, 2.45) is 0 Å². The van der Waals surface area contributed by atoms with Crippen LogP contribution in [0.5, 0.6) is 0 Å². The van der Waals surface area contributed by atoms with Crippen molar-refractivity contribution in [1.82, 2.24) is 9.80 Å². The van der Waals surface area contributed by atoms with Crippen LogP contribution in [0.25, 0.3) is 0 Å². The fraction of sp³-hybridized carbons (Fsp3) is 0.375. The summed E-state index contributed by atoms with van der Waals surface area (Å²) in [5.74, 6) is -1.61. The van der Waals surface area contributed by atoms with E-state index in [9.17, 15) is 18.8 Å². The number of anilines is 1. The molecule has 0 saturated carbocycles. The van der Waals surface area contributed by atoms with E-state index in [2.05, 4.69) is 4.90 Å². The molecule has 0 radical (unpaired) electrons. The van der Waals surface area contributed by atoms with Crippen LogP contribution in [0.15, 0.2) is 48.5 Å². The highest BCUT2D eigenvalue weighted by atomic mass is 19.1. The van der Waals surface area contributed by atoms with Gasteiger partial charge in [0.1, 0.15) is 11.9 Å². The van der Waals surface area contributed by atoms with Crippen molar-refractivity contribution >= 4 is 23.4 Å². The van der Waals surface area contributed by atoms with E-state index in [0.29, 0.717) is 37.6 Å². The summed E-state index contributed by atoms with van der Waals surface area (Å²) in [5, 5.41) is 0. The van der Waals surface area contributed by atoms with Gasteiger partial charge < -0.3 is 9.64 Å². The van der Waals surface area contributed by atoms with Gasteiger partial charge in [-0.15, -0.1) is 0 Å². The standard InChI is InChI=1S/C24H26FN3O4/c1-17-3-2-4-18(15-17)23(30)27(10-9-26-11-13-32-14-12-26)21-16-22(29)28(24(21)31)20-7-5-19(25)6-8-20/h2-8,15,21H,9-14,16H2,1H3. The van der Waals surface area contributed by atoms with Crippen LogP contribution in [0, 0.1) is 12.7 Å². The third kappa shape index (κ3) is 4.71. The molecule has 2 aromatic rings. The van der Waals surface area contributed by atoms with Crippen molar-refractivity contribution in [2.75, 3.05) is 44.3 Å². The molecule has 2 heterocycles. The second-order valence-electron chi connectivity index (χ2n) is 8.09. The van der Waals surface area contributed by atoms with Crippen LogP contribution in [0.1, 0.15) is 22.3 Å². The van der Waals surface area contributed by atoms with Crippen molar-refractivity contribution < 1.29 is 23.5 Å². The summed E-state index contributed by atoms with van der Waals surface area (Å²) >= 11 is 0. The normalized spacial score (nSPS) is 19.4. The maximum Gasteiger partial charge on any atom is 0.257 e. The maximum absolute atomic E-state index is 13.4. The summed E-state index contributed by atoms with van der Waals surface area (Å²) in [6.07, 6.45) is -0.100. The number of rotatable bonds is 6. The van der Waals surface area contributed by atoms with Gasteiger partial charge in [0.25, 0.3) is 11.8 Å². The first-order valence-electron chi connectivity index (χ1n) is 10.7. The predicted octanol–water partition coefficient (Wildman–Crippen LogP) is 2.24. The molecule has 32 heavy (non-hydrogen) atoms. The average molecular weight is 439 g/mol. The van der Waals surface area contributed by atoms with E-state index in [1.54, 1.807) is 18.2 Å². The van der Waals surface area contributed by atoms with E-state index in [-0.39, 0.29) is 12.3 Å². The second-order valence-corrected chi connectivity index (χ2v) is 8.09. The third-order valence-corrected chi connectivity index (χ3v) is 5.87. The van der Waals surface area contributed by atoms with E-state index in [1.165, 1.54) is 29.2 Å². The molecular weight excluding hydrogens is 413 g/mol. The molecule has 3 amide bonds. The van der Waals surface area contributed by atoms with Crippen LogP contribution < -0.4 is 4.90 Å². The molecule has 1 unspecified atom stereocenters. The molecular formula is C24H26FN3O4. The van der Waals surface area contributed by atoms with Crippen molar-refractivity contribution in [1.29, 1.82) is 0 Å². The molecule has 0 N–H and O–H groups in total. The lowest BCUT2D eigenvalue weighted by Crippen LogP contribution is -2.49. The topological polar surface area (TPSA) is 70.2 Å². The average Bonchev–Trinajstić information content (AvgIpc) is 3.09. The molecule has 0 bridgehead atoms. The first-order valence-corrected chi connectivity index (χ1v) is 10.7. The molecule has 4 rings (SSSR count).